The normalized spacial score (nSPS) is 23.0. The van der Waals surface area contributed by atoms with E-state index in [1.165, 1.54) is 37.3 Å². The minimum atomic E-state index is 0.544. The number of rotatable bonds is 4. The summed E-state index contributed by atoms with van der Waals surface area (Å²) >= 11 is 0. The molecule has 0 radical (unpaired) electrons. The molecule has 0 amide bonds. The molecule has 2 aliphatic rings. The van der Waals surface area contributed by atoms with Gasteiger partial charge in [0.05, 0.1) is 0 Å². The Hall–Kier alpha value is -1.64. The van der Waals surface area contributed by atoms with Gasteiger partial charge >= 0.3 is 0 Å². The Morgan fingerprint density at radius 2 is 1.00 bits per heavy atom. The third-order valence-corrected chi connectivity index (χ3v) is 5.81. The van der Waals surface area contributed by atoms with E-state index in [2.05, 4.69) is 84.3 Å². The van der Waals surface area contributed by atoms with Crippen molar-refractivity contribution in [2.45, 2.75) is 25.9 Å². The molecule has 4 rings (SSSR count). The van der Waals surface area contributed by atoms with Gasteiger partial charge in [0.25, 0.3) is 0 Å². The lowest BCUT2D eigenvalue weighted by molar-refractivity contribution is -0.141. The number of hydrogen-bond acceptors (Lipinski definition) is 2. The smallest absolute Gasteiger partial charge is 0.0320 e. The molecule has 2 aromatic rings. The van der Waals surface area contributed by atoms with Crippen LogP contribution in [0, 0.1) is 5.41 Å². The van der Waals surface area contributed by atoms with Crippen molar-refractivity contribution in [2.75, 3.05) is 26.2 Å². The molecule has 0 saturated carbocycles. The van der Waals surface area contributed by atoms with Gasteiger partial charge in [0.1, 0.15) is 0 Å². The van der Waals surface area contributed by atoms with E-state index in [-0.39, 0.29) is 0 Å². The van der Waals surface area contributed by atoms with Crippen LogP contribution in [0.2, 0.25) is 0 Å². The van der Waals surface area contributed by atoms with Gasteiger partial charge in [-0.1, -0.05) is 60.7 Å². The summed E-state index contributed by atoms with van der Waals surface area (Å²) in [6.45, 7) is 9.68. The summed E-state index contributed by atoms with van der Waals surface area (Å²) in [6, 6.07) is 22.9. The lowest BCUT2D eigenvalue weighted by Crippen LogP contribution is -2.72. The summed E-state index contributed by atoms with van der Waals surface area (Å²) in [7, 11) is 0. The van der Waals surface area contributed by atoms with E-state index < -0.39 is 0 Å². The Bertz CT molecular complexity index is 577. The van der Waals surface area contributed by atoms with E-state index in [0.29, 0.717) is 17.5 Å². The van der Waals surface area contributed by atoms with E-state index in [4.69, 9.17) is 0 Å². The SMILES string of the molecule is CC(c1ccccc1)N1CC2(C1)CN(C(C)c1ccccc1)C2. The lowest BCUT2D eigenvalue weighted by atomic mass is 9.71. The molecular formula is C21H26N2. The molecule has 0 aromatic heterocycles. The summed E-state index contributed by atoms with van der Waals surface area (Å²) in [5, 5.41) is 0. The van der Waals surface area contributed by atoms with Gasteiger partial charge in [0, 0.05) is 43.7 Å². The Balaban J connectivity index is 1.32. The van der Waals surface area contributed by atoms with Crippen molar-refractivity contribution in [1.82, 2.24) is 9.80 Å². The maximum Gasteiger partial charge on any atom is 0.0320 e. The van der Waals surface area contributed by atoms with Crippen molar-refractivity contribution in [2.24, 2.45) is 5.41 Å². The molecule has 2 nitrogen and oxygen atoms in total. The molecule has 0 N–H and O–H groups in total. The van der Waals surface area contributed by atoms with Gasteiger partial charge in [-0.2, -0.15) is 0 Å². The average Bonchev–Trinajstić information content (AvgIpc) is 2.53. The molecular weight excluding hydrogens is 280 g/mol. The highest BCUT2D eigenvalue weighted by Crippen LogP contribution is 2.46. The first-order chi connectivity index (χ1) is 11.2. The van der Waals surface area contributed by atoms with Crippen molar-refractivity contribution < 1.29 is 0 Å². The highest BCUT2D eigenvalue weighted by Gasteiger charge is 2.53. The van der Waals surface area contributed by atoms with Crippen LogP contribution in [0.3, 0.4) is 0 Å². The van der Waals surface area contributed by atoms with Crippen molar-refractivity contribution >= 4 is 0 Å². The van der Waals surface area contributed by atoms with Crippen LogP contribution in [0.25, 0.3) is 0 Å². The van der Waals surface area contributed by atoms with Crippen LogP contribution < -0.4 is 0 Å². The monoisotopic (exact) mass is 306 g/mol. The number of benzene rings is 2. The Kier molecular flexibility index (Phi) is 3.74. The molecule has 23 heavy (non-hydrogen) atoms. The van der Waals surface area contributed by atoms with Crippen LogP contribution in [0.1, 0.15) is 37.1 Å². The Morgan fingerprint density at radius 1 is 0.652 bits per heavy atom. The molecule has 2 unspecified atom stereocenters. The van der Waals surface area contributed by atoms with Crippen LogP contribution in [-0.4, -0.2) is 36.0 Å². The second kappa shape index (κ2) is 5.77. The van der Waals surface area contributed by atoms with Crippen LogP contribution in [0.15, 0.2) is 60.7 Å². The van der Waals surface area contributed by atoms with E-state index in [1.54, 1.807) is 0 Å². The van der Waals surface area contributed by atoms with Gasteiger partial charge in [-0.25, -0.2) is 0 Å². The average molecular weight is 306 g/mol. The van der Waals surface area contributed by atoms with Gasteiger partial charge in [0.15, 0.2) is 0 Å². The molecule has 2 aliphatic heterocycles. The molecule has 2 heterocycles. The van der Waals surface area contributed by atoms with Gasteiger partial charge < -0.3 is 0 Å². The number of hydrogen-bond donors (Lipinski definition) is 0. The first-order valence-electron chi connectivity index (χ1n) is 8.75. The zero-order valence-electron chi connectivity index (χ0n) is 14.2. The van der Waals surface area contributed by atoms with Crippen molar-refractivity contribution in [3.63, 3.8) is 0 Å². The zero-order chi connectivity index (χ0) is 15.9. The predicted molar refractivity (Wildman–Crippen MR) is 95.3 cm³/mol. The summed E-state index contributed by atoms with van der Waals surface area (Å²) in [5.41, 5.74) is 3.44. The third-order valence-electron chi connectivity index (χ3n) is 5.81. The van der Waals surface area contributed by atoms with Crippen molar-refractivity contribution in [3.8, 4) is 0 Å². The van der Waals surface area contributed by atoms with Gasteiger partial charge in [0.2, 0.25) is 0 Å². The van der Waals surface area contributed by atoms with Crippen LogP contribution in [0.5, 0.6) is 0 Å². The molecule has 2 fully saturated rings. The van der Waals surface area contributed by atoms with E-state index in [0.717, 1.165) is 0 Å². The summed E-state index contributed by atoms with van der Waals surface area (Å²) in [4.78, 5) is 5.25. The predicted octanol–water partition coefficient (Wildman–Crippen LogP) is 4.13. The van der Waals surface area contributed by atoms with Crippen LogP contribution in [-0.2, 0) is 0 Å². The first-order valence-corrected chi connectivity index (χ1v) is 8.75. The second-order valence-electron chi connectivity index (χ2n) is 7.48. The van der Waals surface area contributed by atoms with E-state index in [9.17, 15) is 0 Å². The molecule has 0 aliphatic carbocycles. The summed E-state index contributed by atoms with van der Waals surface area (Å²) in [5.74, 6) is 0. The highest BCUT2D eigenvalue weighted by molar-refractivity contribution is 5.22. The quantitative estimate of drug-likeness (QED) is 0.838. The Labute approximate surface area is 139 Å². The fraction of sp³-hybridized carbons (Fsp3) is 0.429. The van der Waals surface area contributed by atoms with Crippen molar-refractivity contribution in [3.05, 3.63) is 71.8 Å². The molecule has 2 aromatic carbocycles. The maximum atomic E-state index is 2.62. The number of nitrogens with zero attached hydrogens (tertiary/aromatic N) is 2. The van der Waals surface area contributed by atoms with Gasteiger partial charge in [-0.15, -0.1) is 0 Å². The topological polar surface area (TPSA) is 6.48 Å². The first kappa shape index (κ1) is 14.9. The third kappa shape index (κ3) is 2.71. The highest BCUT2D eigenvalue weighted by atomic mass is 15.3. The fourth-order valence-corrected chi connectivity index (χ4v) is 4.26. The minimum Gasteiger partial charge on any atom is -0.295 e. The lowest BCUT2D eigenvalue weighted by Gasteiger charge is -2.63. The Morgan fingerprint density at radius 3 is 1.35 bits per heavy atom. The van der Waals surface area contributed by atoms with Gasteiger partial charge in [-0.3, -0.25) is 9.80 Å². The second-order valence-corrected chi connectivity index (χ2v) is 7.48. The molecule has 2 heteroatoms. The molecule has 120 valence electrons. The maximum absolute atomic E-state index is 2.62. The van der Waals surface area contributed by atoms with Crippen molar-refractivity contribution in [1.29, 1.82) is 0 Å². The van der Waals surface area contributed by atoms with Crippen LogP contribution >= 0.6 is 0 Å². The van der Waals surface area contributed by atoms with E-state index in [1.807, 2.05) is 0 Å². The van der Waals surface area contributed by atoms with Crippen LogP contribution in [0.4, 0.5) is 0 Å². The standard InChI is InChI=1S/C21H26N2/c1-17(19-9-5-3-6-10-19)22-13-21(14-22)15-23(16-21)18(2)20-11-7-4-8-12-20/h3-12,17-18H,13-16H2,1-2H3. The summed E-state index contributed by atoms with van der Waals surface area (Å²) in [6.07, 6.45) is 0. The summed E-state index contributed by atoms with van der Waals surface area (Å²) < 4.78 is 0. The zero-order valence-corrected chi connectivity index (χ0v) is 14.2. The molecule has 2 saturated heterocycles. The molecule has 0 bridgehead atoms. The van der Waals surface area contributed by atoms with Gasteiger partial charge in [-0.05, 0) is 25.0 Å². The largest absolute Gasteiger partial charge is 0.295 e. The molecule has 1 spiro atoms. The minimum absolute atomic E-state index is 0.544. The molecule has 2 atom stereocenters. The van der Waals surface area contributed by atoms with E-state index >= 15 is 0 Å². The number of likely N-dealkylation sites (tertiary alicyclic amines) is 2. The fourth-order valence-electron chi connectivity index (χ4n) is 4.26.